The highest BCUT2D eigenvalue weighted by Crippen LogP contribution is 2.15. The monoisotopic (exact) mass is 325 g/mol. The van der Waals surface area contributed by atoms with E-state index in [1.807, 2.05) is 42.5 Å². The Kier molecular flexibility index (Phi) is 5.28. The van der Waals surface area contributed by atoms with Crippen molar-refractivity contribution < 1.29 is 14.4 Å². The Bertz CT molecular complexity index is 796. The van der Waals surface area contributed by atoms with E-state index in [9.17, 15) is 5.11 Å². The van der Waals surface area contributed by atoms with Crippen LogP contribution in [0.5, 0.6) is 0 Å². The van der Waals surface area contributed by atoms with Gasteiger partial charge in [0.2, 0.25) is 0 Å². The summed E-state index contributed by atoms with van der Waals surface area (Å²) in [5.74, 6) is 1.21. The van der Waals surface area contributed by atoms with Crippen molar-refractivity contribution in [3.63, 3.8) is 0 Å². The molecule has 1 aromatic heterocycles. The van der Waals surface area contributed by atoms with E-state index in [2.05, 4.69) is 35.2 Å². The molecule has 4 nitrogen and oxygen atoms in total. The predicted octanol–water partition coefficient (Wildman–Crippen LogP) is 2.61. The van der Waals surface area contributed by atoms with E-state index in [4.69, 9.17) is 4.74 Å². The first kappa shape index (κ1) is 16.7. The summed E-state index contributed by atoms with van der Waals surface area (Å²) in [6, 6.07) is 18.3. The van der Waals surface area contributed by atoms with Crippen LogP contribution < -0.4 is 4.57 Å². The normalized spacial score (nSPS) is 12.6. The molecule has 1 N–H and O–H groups in total. The molecule has 0 amide bonds. The summed E-state index contributed by atoms with van der Waals surface area (Å²) < 4.78 is 10.1. The molecule has 0 spiro atoms. The van der Waals surface area contributed by atoms with Crippen molar-refractivity contribution in [3.8, 4) is 0 Å². The fourth-order valence-electron chi connectivity index (χ4n) is 3.22. The van der Waals surface area contributed by atoms with Crippen LogP contribution in [0.1, 0.15) is 18.3 Å². The van der Waals surface area contributed by atoms with Crippen molar-refractivity contribution in [2.75, 3.05) is 6.61 Å². The Hall–Kier alpha value is -2.17. The average molecular weight is 325 g/mol. The second-order valence-electron chi connectivity index (χ2n) is 6.08. The molecule has 3 rings (SSSR count). The zero-order valence-electron chi connectivity index (χ0n) is 14.4. The molecule has 24 heavy (non-hydrogen) atoms. The Labute approximate surface area is 142 Å². The molecular formula is C20H25N2O2+. The molecule has 2 aromatic carbocycles. The van der Waals surface area contributed by atoms with E-state index >= 15 is 0 Å². The summed E-state index contributed by atoms with van der Waals surface area (Å²) in [5, 5.41) is 10.4. The number of aromatic nitrogens is 2. The molecule has 4 heteroatoms. The minimum absolute atomic E-state index is 0.328. The van der Waals surface area contributed by atoms with E-state index in [1.54, 1.807) is 0 Å². The molecule has 0 bridgehead atoms. The standard InChI is InChI=1S/C20H25N2O2/c1-3-20-21(2)18-11-7-8-12-19(18)22(20)13-17(23)15-24-14-16-9-5-4-6-10-16/h4-12,17,23H,3,13-15H2,1-2H3/q+1/t17-/m1/s1. The molecule has 0 saturated carbocycles. The number of aryl methyl sites for hydroxylation is 1. The molecule has 1 heterocycles. The van der Waals surface area contributed by atoms with Crippen molar-refractivity contribution in [2.24, 2.45) is 7.05 Å². The van der Waals surface area contributed by atoms with Gasteiger partial charge in [-0.25, -0.2) is 9.13 Å². The number of aliphatic hydroxyl groups is 1. The Morgan fingerprint density at radius 1 is 1.08 bits per heavy atom. The summed E-state index contributed by atoms with van der Waals surface area (Å²) in [6.45, 7) is 3.54. The first-order chi connectivity index (χ1) is 11.7. The van der Waals surface area contributed by atoms with Gasteiger partial charge in [-0.15, -0.1) is 0 Å². The highest BCUT2D eigenvalue weighted by Gasteiger charge is 2.22. The molecule has 0 aliphatic carbocycles. The molecule has 3 aromatic rings. The second-order valence-corrected chi connectivity index (χ2v) is 6.08. The van der Waals surface area contributed by atoms with E-state index in [1.165, 1.54) is 11.3 Å². The molecule has 0 aliphatic rings. The van der Waals surface area contributed by atoms with Crippen molar-refractivity contribution in [1.82, 2.24) is 4.57 Å². The van der Waals surface area contributed by atoms with Crippen LogP contribution in [0.15, 0.2) is 54.6 Å². The largest absolute Gasteiger partial charge is 0.387 e. The van der Waals surface area contributed by atoms with Crippen LogP contribution in [0.25, 0.3) is 11.0 Å². The molecule has 0 aliphatic heterocycles. The van der Waals surface area contributed by atoms with Crippen molar-refractivity contribution in [2.45, 2.75) is 32.6 Å². The number of nitrogens with zero attached hydrogens (tertiary/aromatic N) is 2. The molecule has 0 unspecified atom stereocenters. The average Bonchev–Trinajstić information content (AvgIpc) is 2.88. The van der Waals surface area contributed by atoms with Crippen LogP contribution in [-0.2, 0) is 31.4 Å². The molecule has 1 atom stereocenters. The van der Waals surface area contributed by atoms with Crippen LogP contribution >= 0.6 is 0 Å². The lowest BCUT2D eigenvalue weighted by Gasteiger charge is -2.11. The van der Waals surface area contributed by atoms with Gasteiger partial charge in [-0.3, -0.25) is 0 Å². The van der Waals surface area contributed by atoms with Gasteiger partial charge in [0, 0.05) is 6.42 Å². The summed E-state index contributed by atoms with van der Waals surface area (Å²) in [4.78, 5) is 0. The maximum atomic E-state index is 10.4. The van der Waals surface area contributed by atoms with Gasteiger partial charge >= 0.3 is 0 Å². The fourth-order valence-corrected chi connectivity index (χ4v) is 3.22. The molecule has 126 valence electrons. The van der Waals surface area contributed by atoms with Gasteiger partial charge in [0.25, 0.3) is 5.82 Å². The summed E-state index contributed by atoms with van der Waals surface area (Å²) in [6.07, 6.45) is 0.387. The molecule has 0 saturated heterocycles. The topological polar surface area (TPSA) is 38.3 Å². The minimum atomic E-state index is -0.533. The molecular weight excluding hydrogens is 300 g/mol. The third-order valence-corrected chi connectivity index (χ3v) is 4.36. The second kappa shape index (κ2) is 7.60. The lowest BCUT2D eigenvalue weighted by atomic mass is 10.2. The van der Waals surface area contributed by atoms with Gasteiger partial charge in [0.05, 0.1) is 20.3 Å². The number of hydrogen-bond acceptors (Lipinski definition) is 2. The van der Waals surface area contributed by atoms with Crippen LogP contribution in [0.2, 0.25) is 0 Å². The Balaban J connectivity index is 1.68. The van der Waals surface area contributed by atoms with Gasteiger partial charge < -0.3 is 9.84 Å². The van der Waals surface area contributed by atoms with E-state index in [0.29, 0.717) is 19.8 Å². The number of aliphatic hydroxyl groups excluding tert-OH is 1. The predicted molar refractivity (Wildman–Crippen MR) is 94.6 cm³/mol. The van der Waals surface area contributed by atoms with Gasteiger partial charge in [-0.2, -0.15) is 0 Å². The lowest BCUT2D eigenvalue weighted by molar-refractivity contribution is -0.653. The molecule has 0 radical (unpaired) electrons. The summed E-state index contributed by atoms with van der Waals surface area (Å²) >= 11 is 0. The number of benzene rings is 2. The van der Waals surface area contributed by atoms with E-state index in [0.717, 1.165) is 17.5 Å². The van der Waals surface area contributed by atoms with E-state index < -0.39 is 6.10 Å². The highest BCUT2D eigenvalue weighted by atomic mass is 16.5. The Morgan fingerprint density at radius 3 is 2.54 bits per heavy atom. The van der Waals surface area contributed by atoms with Crippen molar-refractivity contribution in [1.29, 1.82) is 0 Å². The van der Waals surface area contributed by atoms with Gasteiger partial charge in [0.1, 0.15) is 12.6 Å². The third kappa shape index (κ3) is 3.50. The van der Waals surface area contributed by atoms with Crippen LogP contribution in [0.4, 0.5) is 0 Å². The first-order valence-corrected chi connectivity index (χ1v) is 8.46. The van der Waals surface area contributed by atoms with Crippen LogP contribution in [-0.4, -0.2) is 22.4 Å². The van der Waals surface area contributed by atoms with Gasteiger partial charge in [-0.1, -0.05) is 49.4 Å². The quantitative estimate of drug-likeness (QED) is 0.678. The zero-order chi connectivity index (χ0) is 16.9. The number of hydrogen-bond donors (Lipinski definition) is 1. The van der Waals surface area contributed by atoms with Crippen LogP contribution in [0, 0.1) is 0 Å². The minimum Gasteiger partial charge on any atom is -0.387 e. The summed E-state index contributed by atoms with van der Waals surface area (Å²) in [5.41, 5.74) is 3.46. The smallest absolute Gasteiger partial charge is 0.256 e. The fraction of sp³-hybridized carbons (Fsp3) is 0.350. The maximum Gasteiger partial charge on any atom is 0.256 e. The number of imidazole rings is 1. The maximum absolute atomic E-state index is 10.4. The van der Waals surface area contributed by atoms with Crippen molar-refractivity contribution in [3.05, 3.63) is 66.0 Å². The lowest BCUT2D eigenvalue weighted by Crippen LogP contribution is -2.34. The van der Waals surface area contributed by atoms with Gasteiger partial charge in [-0.05, 0) is 17.7 Å². The summed E-state index contributed by atoms with van der Waals surface area (Å²) in [7, 11) is 2.08. The van der Waals surface area contributed by atoms with Gasteiger partial charge in [0.15, 0.2) is 11.0 Å². The van der Waals surface area contributed by atoms with E-state index in [-0.39, 0.29) is 0 Å². The number of fused-ring (bicyclic) bond motifs is 1. The zero-order valence-corrected chi connectivity index (χ0v) is 14.4. The number of rotatable bonds is 7. The third-order valence-electron chi connectivity index (χ3n) is 4.36. The van der Waals surface area contributed by atoms with Crippen LogP contribution in [0.3, 0.4) is 0 Å². The number of ether oxygens (including phenoxy) is 1. The SMILES string of the molecule is CCc1n(C[C@@H](O)COCc2ccccc2)c2ccccc2[n+]1C. The number of para-hydroxylation sites is 2. The first-order valence-electron chi connectivity index (χ1n) is 8.46. The van der Waals surface area contributed by atoms with Crippen molar-refractivity contribution >= 4 is 11.0 Å². The highest BCUT2D eigenvalue weighted by molar-refractivity contribution is 5.72. The Morgan fingerprint density at radius 2 is 1.79 bits per heavy atom. The molecule has 0 fully saturated rings.